The Morgan fingerprint density at radius 1 is 0.651 bits per heavy atom. The Bertz CT molecular complexity index is 3620. The van der Waals surface area contributed by atoms with Gasteiger partial charge in [0.2, 0.25) is 5.60 Å². The van der Waals surface area contributed by atoms with E-state index in [2.05, 4.69) is 47.0 Å². The summed E-state index contributed by atoms with van der Waals surface area (Å²) in [5, 5.41) is 13.2. The normalized spacial score (nSPS) is 16.1. The molecule has 1 fully saturated rings. The van der Waals surface area contributed by atoms with Gasteiger partial charge in [-0.2, -0.15) is 0 Å². The molecule has 0 aliphatic carbocycles. The van der Waals surface area contributed by atoms with Crippen LogP contribution in [0.1, 0.15) is 56.3 Å². The Labute approximate surface area is 492 Å². The van der Waals surface area contributed by atoms with Gasteiger partial charge in [-0.25, -0.2) is 14.6 Å². The third-order valence-electron chi connectivity index (χ3n) is 14.7. The lowest BCUT2D eigenvalue weighted by Crippen LogP contribution is -2.71. The van der Waals surface area contributed by atoms with Crippen LogP contribution in [0.25, 0.3) is 0 Å². The molecule has 2 N–H and O–H groups in total. The van der Waals surface area contributed by atoms with Crippen molar-refractivity contribution in [3.63, 3.8) is 0 Å². The lowest BCUT2D eigenvalue weighted by atomic mass is 9.77. The van der Waals surface area contributed by atoms with Crippen LogP contribution in [-0.4, -0.2) is 68.9 Å². The summed E-state index contributed by atoms with van der Waals surface area (Å²) in [5.74, 6) is -1.96. The number of esters is 2. The smallest absolute Gasteiger partial charge is 0.356 e. The van der Waals surface area contributed by atoms with Crippen LogP contribution in [0.15, 0.2) is 275 Å². The second-order valence-corrected chi connectivity index (χ2v) is 22.7. The Hall–Kier alpha value is -9.28. The number of carbonyl (C=O) groups is 4. The van der Waals surface area contributed by atoms with E-state index in [9.17, 15) is 14.4 Å². The van der Waals surface area contributed by atoms with Crippen molar-refractivity contribution in [2.45, 2.75) is 28.7 Å². The van der Waals surface area contributed by atoms with Crippen molar-refractivity contribution in [2.75, 3.05) is 23.4 Å². The van der Waals surface area contributed by atoms with Crippen molar-refractivity contribution in [1.29, 1.82) is 0 Å². The minimum absolute atomic E-state index is 0.0441. The van der Waals surface area contributed by atoms with Gasteiger partial charge in [-0.15, -0.1) is 34.9 Å². The molecule has 2 atom stereocenters. The maximum Gasteiger partial charge on any atom is 0.356 e. The number of amides is 2. The van der Waals surface area contributed by atoms with E-state index in [1.807, 2.05) is 206 Å². The predicted molar refractivity (Wildman–Crippen MR) is 326 cm³/mol. The van der Waals surface area contributed by atoms with Gasteiger partial charge in [0.1, 0.15) is 35.0 Å². The zero-order valence-electron chi connectivity index (χ0n) is 44.5. The number of ether oxygens (including phenoxy) is 2. The molecule has 4 heterocycles. The van der Waals surface area contributed by atoms with Crippen molar-refractivity contribution in [2.24, 2.45) is 5.16 Å². The topological polar surface area (TPSA) is 149 Å². The molecule has 15 heteroatoms. The summed E-state index contributed by atoms with van der Waals surface area (Å²) in [4.78, 5) is 72.3. The van der Waals surface area contributed by atoms with Crippen LogP contribution in [0.5, 0.6) is 0 Å². The van der Waals surface area contributed by atoms with Crippen LogP contribution < -0.4 is 10.6 Å². The maximum absolute atomic E-state index is 15.6. The summed E-state index contributed by atoms with van der Waals surface area (Å²) in [6.45, 7) is 0.165. The highest BCUT2D eigenvalue weighted by Crippen LogP contribution is 2.46. The van der Waals surface area contributed by atoms with Crippen LogP contribution in [0, 0.1) is 0 Å². The van der Waals surface area contributed by atoms with Crippen molar-refractivity contribution >= 4 is 69.5 Å². The molecule has 0 unspecified atom stereocenters. The number of nitrogens with one attached hydrogen (secondary N) is 2. The van der Waals surface area contributed by atoms with Gasteiger partial charge in [0.15, 0.2) is 16.9 Å². The monoisotopic (exact) mass is 1150 g/mol. The number of benzene rings is 8. The number of anilines is 1. The molecule has 1 aromatic heterocycles. The average Bonchev–Trinajstić information content (AvgIpc) is 2.72. The van der Waals surface area contributed by atoms with Crippen molar-refractivity contribution in [3.8, 4) is 0 Å². The summed E-state index contributed by atoms with van der Waals surface area (Å²) in [6, 6.07) is 77.1. The van der Waals surface area contributed by atoms with E-state index in [0.717, 1.165) is 44.5 Å². The quantitative estimate of drug-likeness (QED) is 0.0247. The first-order valence-electron chi connectivity index (χ1n) is 26.9. The number of hydrogen-bond donors (Lipinski definition) is 2. The van der Waals surface area contributed by atoms with E-state index < -0.39 is 52.4 Å². The second kappa shape index (κ2) is 24.4. The highest BCUT2D eigenvalue weighted by atomic mass is 32.2. The van der Waals surface area contributed by atoms with Gasteiger partial charge in [0.05, 0.1) is 0 Å². The van der Waals surface area contributed by atoms with E-state index in [1.165, 1.54) is 39.8 Å². The van der Waals surface area contributed by atoms with E-state index >= 15 is 4.79 Å². The van der Waals surface area contributed by atoms with Gasteiger partial charge in [0, 0.05) is 44.1 Å². The highest BCUT2D eigenvalue weighted by Gasteiger charge is 2.55. The SMILES string of the molecule is O=C(N[C@@H]1C(=O)N2C(C(=O)OC(c3ccccc3)c3ccccc3)=C(SCC3=CCOC3=O)CS[C@@H]12)C(=NOC(c1ccccc1)(c1ccccc1)c1ccccc1)c1csc(NC(c2ccccc2)(c2ccccc2)c2ccccc2)n1. The van der Waals surface area contributed by atoms with Gasteiger partial charge in [-0.3, -0.25) is 14.5 Å². The van der Waals surface area contributed by atoms with Crippen LogP contribution in [0.4, 0.5) is 5.13 Å². The fraction of sp³-hybridized carbons (Fsp3) is 0.118. The Morgan fingerprint density at radius 2 is 1.11 bits per heavy atom. The third kappa shape index (κ3) is 10.9. The highest BCUT2D eigenvalue weighted by molar-refractivity contribution is 8.06. The number of oxime groups is 1. The van der Waals surface area contributed by atoms with Crippen molar-refractivity contribution in [1.82, 2.24) is 15.2 Å². The van der Waals surface area contributed by atoms with Crippen LogP contribution in [0.3, 0.4) is 0 Å². The molecule has 3 aliphatic heterocycles. The standard InChI is InChI=1S/C68H53N5O7S3/c74-61(70-58-62(75)73-59(56(45-82-63(58)73)81-43-48-41-42-78-64(48)76)65(77)79-60(46-25-9-1-10-26-46)47-27-11-2-12-28-47)57(72-80-68(52-35-19-6-20-36-52,53-37-21-7-22-38-53)54-39-23-8-24-40-54)55-44-83-66(69-55)71-67(49-29-13-3-14-30-49,50-31-15-4-16-32-50)51-33-17-5-18-34-51/h1-41,44,58,60,63H,42-43,45H2,(H,69,71)(H,70,74)/t58-,63+/m1/s1. The molecule has 3 aliphatic rings. The Morgan fingerprint density at radius 3 is 1.57 bits per heavy atom. The first-order chi connectivity index (χ1) is 40.8. The van der Waals surface area contributed by atoms with Gasteiger partial charge in [0.25, 0.3) is 11.8 Å². The number of fused-ring (bicyclic) bond motifs is 1. The summed E-state index contributed by atoms with van der Waals surface area (Å²) in [5.41, 5.74) is 4.68. The van der Waals surface area contributed by atoms with E-state index in [4.69, 9.17) is 24.5 Å². The molecule has 83 heavy (non-hydrogen) atoms. The summed E-state index contributed by atoms with van der Waals surface area (Å²) >= 11 is 3.96. The molecule has 12 nitrogen and oxygen atoms in total. The zero-order chi connectivity index (χ0) is 56.6. The van der Waals surface area contributed by atoms with Crippen LogP contribution in [0.2, 0.25) is 0 Å². The zero-order valence-corrected chi connectivity index (χ0v) is 47.0. The molecule has 2 amide bonds. The number of β-lactam (4-membered cyclic amide) rings is 1. The van der Waals surface area contributed by atoms with Gasteiger partial charge >= 0.3 is 11.9 Å². The van der Waals surface area contributed by atoms with E-state index in [1.54, 1.807) is 11.5 Å². The fourth-order valence-electron chi connectivity index (χ4n) is 10.7. The van der Waals surface area contributed by atoms with Crippen LogP contribution in [-0.2, 0) is 44.6 Å². The number of hydrogen-bond acceptors (Lipinski definition) is 13. The lowest BCUT2D eigenvalue weighted by molar-refractivity contribution is -0.154. The van der Waals surface area contributed by atoms with E-state index in [-0.39, 0.29) is 35.2 Å². The Kier molecular flexibility index (Phi) is 16.0. The largest absolute Gasteiger partial charge is 0.458 e. The molecule has 0 radical (unpaired) electrons. The first-order valence-corrected chi connectivity index (χ1v) is 29.8. The Balaban J connectivity index is 0.932. The maximum atomic E-state index is 15.6. The second-order valence-electron chi connectivity index (χ2n) is 19.7. The number of carbonyl (C=O) groups excluding carboxylic acids is 4. The predicted octanol–water partition coefficient (Wildman–Crippen LogP) is 12.4. The average molecular weight is 1150 g/mol. The van der Waals surface area contributed by atoms with Gasteiger partial charge in [-0.05, 0) is 33.9 Å². The number of cyclic esters (lactones) is 1. The number of nitrogens with zero attached hydrogens (tertiary/aromatic N) is 3. The molecule has 1 saturated heterocycles. The summed E-state index contributed by atoms with van der Waals surface area (Å²) in [6.07, 6.45) is 0.897. The van der Waals surface area contributed by atoms with Gasteiger partial charge < -0.3 is 24.9 Å². The third-order valence-corrected chi connectivity index (χ3v) is 18.1. The molecule has 9 aromatic rings. The molecule has 0 saturated carbocycles. The molecule has 12 rings (SSSR count). The molecule has 410 valence electrons. The molecular formula is C68H53N5O7S3. The minimum atomic E-state index is -1.39. The molecule has 0 spiro atoms. The number of rotatable bonds is 20. The fourth-order valence-corrected chi connectivity index (χ4v) is 14.1. The summed E-state index contributed by atoms with van der Waals surface area (Å²) < 4.78 is 11.6. The lowest BCUT2D eigenvalue weighted by Gasteiger charge is -2.49. The van der Waals surface area contributed by atoms with Crippen molar-refractivity contribution in [3.05, 3.63) is 320 Å². The number of aromatic nitrogens is 1. The number of thioether (sulfide) groups is 2. The summed E-state index contributed by atoms with van der Waals surface area (Å²) in [7, 11) is 0. The molecule has 0 bridgehead atoms. The first kappa shape index (κ1) is 54.3. The minimum Gasteiger partial charge on any atom is -0.458 e. The molecule has 8 aromatic carbocycles. The van der Waals surface area contributed by atoms with Gasteiger partial charge in [-0.1, -0.05) is 248 Å². The van der Waals surface area contributed by atoms with E-state index in [0.29, 0.717) is 15.6 Å². The number of thiazole rings is 1. The van der Waals surface area contributed by atoms with Crippen LogP contribution >= 0.6 is 34.9 Å². The van der Waals surface area contributed by atoms with Crippen molar-refractivity contribution < 1.29 is 33.5 Å². The molecular weight excluding hydrogens is 1090 g/mol.